The summed E-state index contributed by atoms with van der Waals surface area (Å²) >= 11 is 18.9. The zero-order valence-electron chi connectivity index (χ0n) is 25.5. The van der Waals surface area contributed by atoms with E-state index in [0.29, 0.717) is 22.9 Å². The highest BCUT2D eigenvalue weighted by atomic mass is 35.5. The Morgan fingerprint density at radius 1 is 0.848 bits per heavy atom. The van der Waals surface area contributed by atoms with E-state index in [4.69, 9.17) is 39.5 Å². The van der Waals surface area contributed by atoms with Gasteiger partial charge in [0.15, 0.2) is 0 Å². The number of anilines is 1. The Morgan fingerprint density at radius 3 is 2.15 bits per heavy atom. The topological polar surface area (TPSA) is 96.0 Å². The number of likely N-dealkylation sites (N-methyl/N-ethyl adjacent to an activating group) is 1. The summed E-state index contributed by atoms with van der Waals surface area (Å²) < 4.78 is 34.6. The molecule has 242 valence electrons. The van der Waals surface area contributed by atoms with Gasteiger partial charge in [0.1, 0.15) is 18.3 Å². The van der Waals surface area contributed by atoms with Crippen LogP contribution in [0.3, 0.4) is 0 Å². The fourth-order valence-corrected chi connectivity index (χ4v) is 6.84. The Morgan fingerprint density at radius 2 is 1.54 bits per heavy atom. The molecule has 2 amide bonds. The van der Waals surface area contributed by atoms with Crippen LogP contribution in [0.4, 0.5) is 5.69 Å². The Bertz CT molecular complexity index is 1790. The second-order valence-electron chi connectivity index (χ2n) is 10.5. The lowest BCUT2D eigenvalue weighted by Crippen LogP contribution is -2.53. The average molecular weight is 703 g/mol. The van der Waals surface area contributed by atoms with Crippen molar-refractivity contribution >= 4 is 62.3 Å². The van der Waals surface area contributed by atoms with Crippen LogP contribution < -0.4 is 14.4 Å². The molecule has 8 nitrogen and oxygen atoms in total. The van der Waals surface area contributed by atoms with Gasteiger partial charge in [0.05, 0.1) is 32.8 Å². The smallest absolute Gasteiger partial charge is 0.264 e. The van der Waals surface area contributed by atoms with E-state index in [9.17, 15) is 18.0 Å². The molecule has 0 saturated carbocycles. The molecule has 0 aromatic heterocycles. The number of benzene rings is 4. The van der Waals surface area contributed by atoms with Crippen LogP contribution in [0.1, 0.15) is 23.6 Å². The zero-order chi connectivity index (χ0) is 33.4. The Hall–Kier alpha value is -3.76. The van der Waals surface area contributed by atoms with E-state index in [2.05, 4.69) is 5.32 Å². The van der Waals surface area contributed by atoms with Crippen molar-refractivity contribution in [2.24, 2.45) is 0 Å². The zero-order valence-corrected chi connectivity index (χ0v) is 28.6. The van der Waals surface area contributed by atoms with Crippen molar-refractivity contribution in [2.75, 3.05) is 24.5 Å². The van der Waals surface area contributed by atoms with Crippen molar-refractivity contribution in [3.8, 4) is 5.75 Å². The van der Waals surface area contributed by atoms with Crippen LogP contribution in [0.15, 0.2) is 95.9 Å². The molecule has 0 fully saturated rings. The number of ether oxygens (including phenoxy) is 1. The molecule has 0 heterocycles. The number of hydrogen-bond donors (Lipinski definition) is 1. The van der Waals surface area contributed by atoms with Crippen LogP contribution in [0, 0.1) is 6.92 Å². The number of rotatable bonds is 13. The van der Waals surface area contributed by atoms with E-state index in [1.54, 1.807) is 37.3 Å². The van der Waals surface area contributed by atoms with Gasteiger partial charge in [-0.2, -0.15) is 0 Å². The van der Waals surface area contributed by atoms with Crippen molar-refractivity contribution in [1.82, 2.24) is 10.2 Å². The number of methoxy groups -OCH3 is 1. The van der Waals surface area contributed by atoms with Gasteiger partial charge < -0.3 is 15.0 Å². The number of amides is 2. The van der Waals surface area contributed by atoms with Crippen molar-refractivity contribution in [3.05, 3.63) is 123 Å². The van der Waals surface area contributed by atoms with Gasteiger partial charge >= 0.3 is 0 Å². The molecule has 0 aliphatic carbocycles. The van der Waals surface area contributed by atoms with E-state index in [0.717, 1.165) is 15.4 Å². The first-order chi connectivity index (χ1) is 21.9. The van der Waals surface area contributed by atoms with Gasteiger partial charge in [-0.05, 0) is 67.4 Å². The molecule has 4 aromatic rings. The molecule has 0 unspecified atom stereocenters. The molecule has 0 aliphatic heterocycles. The second-order valence-corrected chi connectivity index (χ2v) is 13.6. The van der Waals surface area contributed by atoms with Crippen molar-refractivity contribution in [3.63, 3.8) is 0 Å². The minimum atomic E-state index is -4.29. The molecule has 1 N–H and O–H groups in total. The van der Waals surface area contributed by atoms with Gasteiger partial charge in [0.25, 0.3) is 10.0 Å². The molecule has 0 aliphatic rings. The van der Waals surface area contributed by atoms with Gasteiger partial charge in [-0.15, -0.1) is 0 Å². The first-order valence-electron chi connectivity index (χ1n) is 14.4. The van der Waals surface area contributed by atoms with Crippen LogP contribution in [0.5, 0.6) is 5.75 Å². The van der Waals surface area contributed by atoms with Crippen molar-refractivity contribution in [2.45, 2.75) is 37.8 Å². The van der Waals surface area contributed by atoms with E-state index in [1.165, 1.54) is 42.3 Å². The fourth-order valence-electron chi connectivity index (χ4n) is 4.86. The molecule has 0 bridgehead atoms. The largest absolute Gasteiger partial charge is 0.495 e. The van der Waals surface area contributed by atoms with E-state index in [1.807, 2.05) is 37.3 Å². The summed E-state index contributed by atoms with van der Waals surface area (Å²) in [4.78, 5) is 29.5. The maximum absolute atomic E-state index is 14.5. The van der Waals surface area contributed by atoms with Crippen LogP contribution in [-0.2, 0) is 32.6 Å². The van der Waals surface area contributed by atoms with Gasteiger partial charge in [0, 0.05) is 19.5 Å². The number of sulfonamides is 1. The Balaban J connectivity index is 1.83. The quantitative estimate of drug-likeness (QED) is 0.163. The standard InChI is InChI=1S/C34H34Cl3N3O5S/c1-4-38-34(42)31(19-24-8-6-5-7-9-24)39(21-25-12-16-28(35)29(36)18-25)33(41)22-40(26-13-17-32(45-3)30(37)20-26)46(43,44)27-14-10-23(2)11-15-27/h5-18,20,31H,4,19,21-22H2,1-3H3,(H,38,42)/t31-/m0/s1. The lowest BCUT2D eigenvalue weighted by Gasteiger charge is -2.34. The van der Waals surface area contributed by atoms with Gasteiger partial charge in [-0.25, -0.2) is 8.42 Å². The van der Waals surface area contributed by atoms with Gasteiger partial charge in [-0.3, -0.25) is 13.9 Å². The highest BCUT2D eigenvalue weighted by Crippen LogP contribution is 2.32. The lowest BCUT2D eigenvalue weighted by molar-refractivity contribution is -0.140. The number of halogens is 3. The maximum Gasteiger partial charge on any atom is 0.264 e. The Labute approximate surface area is 284 Å². The molecule has 46 heavy (non-hydrogen) atoms. The molecule has 4 aromatic carbocycles. The van der Waals surface area contributed by atoms with Gasteiger partial charge in [0.2, 0.25) is 11.8 Å². The molecule has 4 rings (SSSR count). The van der Waals surface area contributed by atoms with Crippen LogP contribution >= 0.6 is 34.8 Å². The molecule has 0 saturated heterocycles. The fraction of sp³-hybridized carbons (Fsp3) is 0.235. The minimum Gasteiger partial charge on any atom is -0.495 e. The summed E-state index contributed by atoms with van der Waals surface area (Å²) in [6, 6.07) is 24.0. The van der Waals surface area contributed by atoms with E-state index >= 15 is 0 Å². The first kappa shape index (κ1) is 35.1. The molecule has 0 spiro atoms. The number of carbonyl (C=O) groups excluding carboxylic acids is 2. The van der Waals surface area contributed by atoms with E-state index in [-0.39, 0.29) is 39.5 Å². The van der Waals surface area contributed by atoms with Gasteiger partial charge in [-0.1, -0.05) is 88.9 Å². The van der Waals surface area contributed by atoms with Crippen LogP contribution in [0.2, 0.25) is 15.1 Å². The lowest BCUT2D eigenvalue weighted by atomic mass is 10.0. The van der Waals surface area contributed by atoms with Crippen molar-refractivity contribution in [1.29, 1.82) is 0 Å². The minimum absolute atomic E-state index is 0.0153. The summed E-state index contributed by atoms with van der Waals surface area (Å²) in [5, 5.41) is 3.60. The summed E-state index contributed by atoms with van der Waals surface area (Å²) in [5.41, 5.74) is 2.43. The normalized spacial score (nSPS) is 11.9. The second kappa shape index (κ2) is 15.7. The predicted octanol–water partition coefficient (Wildman–Crippen LogP) is 6.94. The number of hydrogen-bond acceptors (Lipinski definition) is 5. The highest BCUT2D eigenvalue weighted by Gasteiger charge is 2.34. The Kier molecular flexibility index (Phi) is 12.0. The third kappa shape index (κ3) is 8.53. The number of carbonyl (C=O) groups is 2. The maximum atomic E-state index is 14.5. The predicted molar refractivity (Wildman–Crippen MR) is 183 cm³/mol. The highest BCUT2D eigenvalue weighted by molar-refractivity contribution is 7.92. The summed E-state index contributed by atoms with van der Waals surface area (Å²) in [6.07, 6.45) is 0.179. The van der Waals surface area contributed by atoms with Crippen molar-refractivity contribution < 1.29 is 22.7 Å². The average Bonchev–Trinajstić information content (AvgIpc) is 3.03. The number of nitrogens with one attached hydrogen (secondary N) is 1. The summed E-state index contributed by atoms with van der Waals surface area (Å²) in [7, 11) is -2.84. The molecular formula is C34H34Cl3N3O5S. The van der Waals surface area contributed by atoms with Crippen LogP contribution in [-0.4, -0.2) is 51.4 Å². The first-order valence-corrected chi connectivity index (χ1v) is 17.0. The summed E-state index contributed by atoms with van der Waals surface area (Å²) in [6.45, 7) is 3.27. The number of aryl methyl sites for hydroxylation is 1. The molecular weight excluding hydrogens is 669 g/mol. The third-order valence-electron chi connectivity index (χ3n) is 7.27. The molecule has 12 heteroatoms. The number of nitrogens with zero attached hydrogens (tertiary/aromatic N) is 2. The third-order valence-corrected chi connectivity index (χ3v) is 10.1. The van der Waals surface area contributed by atoms with Crippen LogP contribution in [0.25, 0.3) is 0 Å². The summed E-state index contributed by atoms with van der Waals surface area (Å²) in [5.74, 6) is -0.675. The molecule has 0 radical (unpaired) electrons. The molecule has 1 atom stereocenters. The van der Waals surface area contributed by atoms with E-state index < -0.39 is 28.5 Å². The SMILES string of the molecule is CCNC(=O)[C@H](Cc1ccccc1)N(Cc1ccc(Cl)c(Cl)c1)C(=O)CN(c1ccc(OC)c(Cl)c1)S(=O)(=O)c1ccc(C)cc1. The monoisotopic (exact) mass is 701 g/mol.